The van der Waals surface area contributed by atoms with E-state index in [-0.39, 0.29) is 5.57 Å². The van der Waals surface area contributed by atoms with Gasteiger partial charge < -0.3 is 21.1 Å². The molecule has 0 fully saturated rings. The molecule has 1 heterocycles. The molecule has 0 bridgehead atoms. The second-order valence-corrected chi connectivity index (χ2v) is 3.99. The molecule has 8 heteroatoms. The first-order valence-electron chi connectivity index (χ1n) is 5.17. The van der Waals surface area contributed by atoms with Crippen LogP contribution < -0.4 is 11.4 Å². The van der Waals surface area contributed by atoms with E-state index in [4.69, 9.17) is 10.8 Å². The summed E-state index contributed by atoms with van der Waals surface area (Å²) in [7, 11) is 0. The first kappa shape index (κ1) is 12.7. The summed E-state index contributed by atoms with van der Waals surface area (Å²) >= 11 is 0. The molecule has 0 aliphatic heterocycles. The van der Waals surface area contributed by atoms with Crippen LogP contribution in [-0.4, -0.2) is 43.7 Å². The van der Waals surface area contributed by atoms with Crippen molar-refractivity contribution < 1.29 is 19.7 Å². The van der Waals surface area contributed by atoms with Gasteiger partial charge in [0.25, 0.3) is 0 Å². The fourth-order valence-electron chi connectivity index (χ4n) is 1.88. The number of anilines is 1. The Balaban J connectivity index is 2.47. The van der Waals surface area contributed by atoms with Gasteiger partial charge >= 0.3 is 5.69 Å². The van der Waals surface area contributed by atoms with E-state index in [1.807, 2.05) is 0 Å². The van der Waals surface area contributed by atoms with Gasteiger partial charge in [-0.2, -0.15) is 4.98 Å². The van der Waals surface area contributed by atoms with Crippen molar-refractivity contribution in [3.63, 3.8) is 0 Å². The Kier molecular flexibility index (Phi) is 3.16. The molecule has 1 aromatic heterocycles. The molecule has 98 valence electrons. The van der Waals surface area contributed by atoms with Crippen molar-refractivity contribution in [1.82, 2.24) is 9.55 Å². The normalized spacial score (nSPS) is 27.3. The number of aliphatic hydroxyl groups excluding tert-OH is 3. The number of halogens is 1. The number of hydrogen-bond acceptors (Lipinski definition) is 6. The maximum Gasteiger partial charge on any atom is 0.350 e. The van der Waals surface area contributed by atoms with E-state index in [2.05, 4.69) is 4.98 Å². The molecule has 1 aromatic rings. The Labute approximate surface area is 101 Å². The lowest BCUT2D eigenvalue weighted by atomic mass is 10.1. The Morgan fingerprint density at radius 3 is 2.72 bits per heavy atom. The van der Waals surface area contributed by atoms with Crippen LogP contribution in [0, 0.1) is 5.82 Å². The van der Waals surface area contributed by atoms with Crippen LogP contribution in [0.3, 0.4) is 0 Å². The molecule has 18 heavy (non-hydrogen) atoms. The molecular formula is C10H12FN3O4. The topological polar surface area (TPSA) is 122 Å². The third kappa shape index (κ3) is 1.90. The lowest BCUT2D eigenvalue weighted by Gasteiger charge is -2.19. The predicted molar refractivity (Wildman–Crippen MR) is 59.1 cm³/mol. The number of aromatic nitrogens is 2. The third-order valence-corrected chi connectivity index (χ3v) is 2.88. The van der Waals surface area contributed by atoms with Crippen molar-refractivity contribution in [1.29, 1.82) is 0 Å². The van der Waals surface area contributed by atoms with Crippen LogP contribution in [0.4, 0.5) is 10.2 Å². The number of hydrogen-bond donors (Lipinski definition) is 4. The van der Waals surface area contributed by atoms with Gasteiger partial charge in [-0.25, -0.2) is 9.18 Å². The first-order valence-corrected chi connectivity index (χ1v) is 5.17. The molecule has 0 spiro atoms. The average molecular weight is 257 g/mol. The largest absolute Gasteiger partial charge is 0.392 e. The van der Waals surface area contributed by atoms with E-state index in [9.17, 15) is 19.4 Å². The fraction of sp³-hybridized carbons (Fsp3) is 0.400. The fourth-order valence-corrected chi connectivity index (χ4v) is 1.88. The highest BCUT2D eigenvalue weighted by Gasteiger charge is 2.36. The summed E-state index contributed by atoms with van der Waals surface area (Å²) in [6, 6.07) is -0.989. The zero-order chi connectivity index (χ0) is 13.4. The standard InChI is InChI=1S/C10H12FN3O4/c11-5-2-14(10(18)13-9(5)12)6-1-4(3-15)7(16)8(6)17/h1-2,6-8,15-17H,3H2,(H2,12,13,18)/t6-,7-,8+/m0/s1. The lowest BCUT2D eigenvalue weighted by molar-refractivity contribution is 0.0270. The Morgan fingerprint density at radius 1 is 1.50 bits per heavy atom. The molecule has 0 unspecified atom stereocenters. The second-order valence-electron chi connectivity index (χ2n) is 3.99. The van der Waals surface area contributed by atoms with Gasteiger partial charge in [0, 0.05) is 6.20 Å². The summed E-state index contributed by atoms with van der Waals surface area (Å²) < 4.78 is 14.1. The summed E-state index contributed by atoms with van der Waals surface area (Å²) in [6.07, 6.45) is -0.543. The number of rotatable bonds is 2. The van der Waals surface area contributed by atoms with Gasteiger partial charge in [-0.3, -0.25) is 4.57 Å². The van der Waals surface area contributed by atoms with E-state index in [1.54, 1.807) is 0 Å². The average Bonchev–Trinajstić information content (AvgIpc) is 2.61. The van der Waals surface area contributed by atoms with Gasteiger partial charge in [-0.05, 0) is 5.57 Å². The van der Waals surface area contributed by atoms with Crippen molar-refractivity contribution in [2.75, 3.05) is 12.3 Å². The van der Waals surface area contributed by atoms with Crippen molar-refractivity contribution in [3.8, 4) is 0 Å². The van der Waals surface area contributed by atoms with Crippen molar-refractivity contribution in [2.24, 2.45) is 0 Å². The zero-order valence-electron chi connectivity index (χ0n) is 9.19. The molecule has 2 rings (SSSR count). The van der Waals surface area contributed by atoms with Gasteiger partial charge in [0.2, 0.25) is 0 Å². The predicted octanol–water partition coefficient (Wildman–Crippen LogP) is -1.84. The minimum Gasteiger partial charge on any atom is -0.392 e. The third-order valence-electron chi connectivity index (χ3n) is 2.88. The monoisotopic (exact) mass is 257 g/mol. The van der Waals surface area contributed by atoms with E-state index < -0.39 is 42.2 Å². The molecule has 0 aromatic carbocycles. The highest BCUT2D eigenvalue weighted by atomic mass is 19.1. The molecule has 3 atom stereocenters. The number of nitrogen functional groups attached to an aromatic ring is 1. The summed E-state index contributed by atoms with van der Waals surface area (Å²) in [4.78, 5) is 14.8. The van der Waals surface area contributed by atoms with Crippen molar-refractivity contribution in [2.45, 2.75) is 18.2 Å². The SMILES string of the molecule is Nc1nc(=O)n([C@H]2C=C(CO)[C@H](O)[C@@H]2O)cc1F. The van der Waals surface area contributed by atoms with Crippen LogP contribution in [0.5, 0.6) is 0 Å². The minimum absolute atomic E-state index is 0.164. The van der Waals surface area contributed by atoms with Crippen LogP contribution in [0.1, 0.15) is 6.04 Å². The molecule has 1 aliphatic carbocycles. The van der Waals surface area contributed by atoms with Crippen LogP contribution in [0.15, 0.2) is 22.6 Å². The van der Waals surface area contributed by atoms with Crippen molar-refractivity contribution in [3.05, 3.63) is 34.1 Å². The second kappa shape index (κ2) is 4.48. The van der Waals surface area contributed by atoms with E-state index in [0.717, 1.165) is 10.8 Å². The summed E-state index contributed by atoms with van der Waals surface area (Å²) in [5.41, 5.74) is 4.45. The van der Waals surface area contributed by atoms with Gasteiger partial charge in [0.05, 0.1) is 12.6 Å². The zero-order valence-corrected chi connectivity index (χ0v) is 9.19. The Hall–Kier alpha value is -1.77. The number of nitrogens with zero attached hydrogens (tertiary/aromatic N) is 2. The quantitative estimate of drug-likeness (QED) is 0.462. The summed E-state index contributed by atoms with van der Waals surface area (Å²) in [5.74, 6) is -1.43. The van der Waals surface area contributed by atoms with Gasteiger partial charge in [0.15, 0.2) is 11.6 Å². The highest BCUT2D eigenvalue weighted by molar-refractivity contribution is 5.28. The minimum atomic E-state index is -1.35. The highest BCUT2D eigenvalue weighted by Crippen LogP contribution is 2.28. The molecule has 1 aliphatic rings. The number of nitrogens with two attached hydrogens (primary N) is 1. The molecule has 0 saturated heterocycles. The van der Waals surface area contributed by atoms with Crippen LogP contribution >= 0.6 is 0 Å². The molecule has 0 amide bonds. The molecule has 0 saturated carbocycles. The Bertz CT molecular complexity index is 557. The van der Waals surface area contributed by atoms with Gasteiger partial charge in [-0.1, -0.05) is 6.08 Å². The molecule has 7 nitrogen and oxygen atoms in total. The molecule has 5 N–H and O–H groups in total. The van der Waals surface area contributed by atoms with Gasteiger partial charge in [-0.15, -0.1) is 0 Å². The van der Waals surface area contributed by atoms with Crippen LogP contribution in [-0.2, 0) is 0 Å². The van der Waals surface area contributed by atoms with Crippen LogP contribution in [0.25, 0.3) is 0 Å². The molecule has 0 radical (unpaired) electrons. The smallest absolute Gasteiger partial charge is 0.350 e. The lowest BCUT2D eigenvalue weighted by Crippen LogP contribution is -2.36. The van der Waals surface area contributed by atoms with Gasteiger partial charge in [0.1, 0.15) is 12.2 Å². The number of aliphatic hydroxyl groups is 3. The van der Waals surface area contributed by atoms with Crippen LogP contribution in [0.2, 0.25) is 0 Å². The first-order chi connectivity index (χ1) is 8.45. The summed E-state index contributed by atoms with van der Waals surface area (Å²) in [6.45, 7) is -0.464. The molecular weight excluding hydrogens is 245 g/mol. The van der Waals surface area contributed by atoms with Crippen molar-refractivity contribution >= 4 is 5.82 Å². The Morgan fingerprint density at radius 2 is 2.17 bits per heavy atom. The van der Waals surface area contributed by atoms with E-state index in [0.29, 0.717) is 0 Å². The maximum absolute atomic E-state index is 13.3. The maximum atomic E-state index is 13.3. The van der Waals surface area contributed by atoms with E-state index >= 15 is 0 Å². The summed E-state index contributed by atoms with van der Waals surface area (Å²) in [5, 5.41) is 28.3. The van der Waals surface area contributed by atoms with E-state index in [1.165, 1.54) is 6.08 Å².